The molecule has 17 atom stereocenters. The predicted molar refractivity (Wildman–Crippen MR) is 191 cm³/mol. The zero-order chi connectivity index (χ0) is 37.3. The molecule has 0 radical (unpaired) electrons. The van der Waals surface area contributed by atoms with Crippen molar-refractivity contribution in [2.45, 2.75) is 172 Å². The van der Waals surface area contributed by atoms with Crippen LogP contribution in [0.15, 0.2) is 0 Å². The van der Waals surface area contributed by atoms with E-state index in [1.54, 1.807) is 7.05 Å². The quantitative estimate of drug-likeness (QED) is 0.249. The lowest BCUT2D eigenvalue weighted by Crippen LogP contribution is -2.70. The molecule has 53 heavy (non-hydrogen) atoms. The molecule has 0 aromatic heterocycles. The fourth-order valence-electron chi connectivity index (χ4n) is 12.2. The Hall–Kier alpha value is -1.42. The van der Waals surface area contributed by atoms with E-state index in [0.29, 0.717) is 56.0 Å². The van der Waals surface area contributed by atoms with Crippen LogP contribution in [-0.4, -0.2) is 85.6 Å². The van der Waals surface area contributed by atoms with Crippen LogP contribution in [0.3, 0.4) is 0 Å². The SMILES string of the molecule is CN[C@@H](CCC(=O)NCC[C@H]1O[C@@H]2O[C@]3(C)CC[C@H]4[C@H](C)CC[C@@H]([C@H]1C)[C@@]24OO3)C(=O)NCC[C@H]1O[C@@H]2O[C@]3(C)CC[C@H]4[C@H](C)CC[C@@H]([C@H]1C)[C@@]24OO3. The number of carbonyl (C=O) groups is 2. The third-order valence-corrected chi connectivity index (χ3v) is 15.4. The molecule has 2 saturated carbocycles. The Kier molecular flexibility index (Phi) is 10.5. The van der Waals surface area contributed by atoms with Gasteiger partial charge in [-0.25, -0.2) is 19.6 Å². The van der Waals surface area contributed by atoms with Crippen molar-refractivity contribution in [1.82, 2.24) is 16.0 Å². The molecule has 8 saturated heterocycles. The first kappa shape index (κ1) is 38.5. The predicted octanol–water partition coefficient (Wildman–Crippen LogP) is 4.87. The van der Waals surface area contributed by atoms with Crippen LogP contribution in [0.25, 0.3) is 0 Å². The summed E-state index contributed by atoms with van der Waals surface area (Å²) in [6.07, 6.45) is 8.86. The van der Waals surface area contributed by atoms with Crippen LogP contribution in [0, 0.1) is 47.3 Å². The average Bonchev–Trinajstić information content (AvgIpc) is 3.50. The monoisotopic (exact) mass is 747 g/mol. The molecule has 8 heterocycles. The molecule has 10 fully saturated rings. The molecule has 300 valence electrons. The van der Waals surface area contributed by atoms with E-state index in [4.69, 9.17) is 38.5 Å². The Morgan fingerprint density at radius 3 is 1.64 bits per heavy atom. The number of hydrogen-bond donors (Lipinski definition) is 3. The van der Waals surface area contributed by atoms with Crippen molar-refractivity contribution in [3.63, 3.8) is 0 Å². The van der Waals surface area contributed by atoms with E-state index in [0.717, 1.165) is 51.4 Å². The van der Waals surface area contributed by atoms with Gasteiger partial charge in [-0.05, 0) is 114 Å². The van der Waals surface area contributed by atoms with Crippen molar-refractivity contribution < 1.29 is 48.1 Å². The van der Waals surface area contributed by atoms with Gasteiger partial charge < -0.3 is 34.9 Å². The number of likely N-dealkylation sites (N-methyl/N-ethyl adjacent to an activating group) is 1. The van der Waals surface area contributed by atoms with Gasteiger partial charge in [0.2, 0.25) is 23.4 Å². The Bertz CT molecular complexity index is 1370. The second-order valence-corrected chi connectivity index (χ2v) is 18.5. The van der Waals surface area contributed by atoms with Gasteiger partial charge in [0.15, 0.2) is 23.8 Å². The molecule has 0 aromatic carbocycles. The first-order chi connectivity index (χ1) is 25.3. The van der Waals surface area contributed by atoms with E-state index in [1.807, 2.05) is 13.8 Å². The highest BCUT2D eigenvalue weighted by Crippen LogP contribution is 2.62. The highest BCUT2D eigenvalue weighted by Gasteiger charge is 2.70. The minimum atomic E-state index is -0.806. The molecule has 10 rings (SSSR count). The number of fused-ring (bicyclic) bond motifs is 4. The second kappa shape index (κ2) is 14.5. The molecule has 4 bridgehead atoms. The summed E-state index contributed by atoms with van der Waals surface area (Å²) < 4.78 is 26.3. The molecule has 13 nitrogen and oxygen atoms in total. The Labute approximate surface area is 315 Å². The molecule has 10 aliphatic rings. The molecular weight excluding hydrogens is 682 g/mol. The molecule has 8 aliphatic heterocycles. The largest absolute Gasteiger partial charge is 0.356 e. The van der Waals surface area contributed by atoms with Gasteiger partial charge in [-0.15, -0.1) is 0 Å². The maximum Gasteiger partial charge on any atom is 0.237 e. The van der Waals surface area contributed by atoms with Gasteiger partial charge in [-0.1, -0.05) is 27.7 Å². The van der Waals surface area contributed by atoms with Crippen LogP contribution in [0.4, 0.5) is 0 Å². The van der Waals surface area contributed by atoms with E-state index in [-0.39, 0.29) is 54.1 Å². The maximum absolute atomic E-state index is 13.3. The summed E-state index contributed by atoms with van der Waals surface area (Å²) in [6, 6.07) is -0.480. The van der Waals surface area contributed by atoms with Gasteiger partial charge in [0.05, 0.1) is 18.2 Å². The fourth-order valence-corrected chi connectivity index (χ4v) is 12.2. The molecule has 0 aromatic rings. The van der Waals surface area contributed by atoms with Crippen molar-refractivity contribution >= 4 is 11.8 Å². The lowest BCUT2D eigenvalue weighted by Gasteiger charge is -2.60. The first-order valence-electron chi connectivity index (χ1n) is 20.9. The number of hydrogen-bond acceptors (Lipinski definition) is 11. The van der Waals surface area contributed by atoms with Crippen LogP contribution >= 0.6 is 0 Å². The molecule has 2 amide bonds. The van der Waals surface area contributed by atoms with Gasteiger partial charge in [0.25, 0.3) is 0 Å². The zero-order valence-electron chi connectivity index (χ0n) is 33.0. The summed E-state index contributed by atoms with van der Waals surface area (Å²) in [7, 11) is 1.76. The standard InChI is InChI=1S/C40H65N3O10/c1-22-8-10-28-24(3)31(46-35-39(28)26(22)14-18-37(5,48-35)50-52-39)16-20-42-33(44)13-12-30(41-7)34(45)43-21-17-32-25(4)29-11-9-23(2)27-15-19-38(6)49-36(47-32)40(27,29)53-51-38/h22-32,35-36,41H,8-21H2,1-7H3,(H,42,44)(H,43,45)/t22-,23-,24-,25-,26+,27+,28+,29+,30+,31-,32-,35-,36-,37+,38+,39-,40-/m1/s1. The number of amides is 2. The summed E-state index contributed by atoms with van der Waals surface area (Å²) in [6.45, 7) is 14.0. The van der Waals surface area contributed by atoms with E-state index in [2.05, 4.69) is 43.6 Å². The topological polar surface area (TPSA) is 144 Å². The lowest BCUT2D eigenvalue weighted by atomic mass is 9.57. The second-order valence-electron chi connectivity index (χ2n) is 18.5. The number of nitrogens with one attached hydrogen (secondary N) is 3. The minimum Gasteiger partial charge on any atom is -0.356 e. The first-order valence-corrected chi connectivity index (χ1v) is 20.9. The summed E-state index contributed by atoms with van der Waals surface area (Å²) in [5, 5.41) is 9.30. The number of ether oxygens (including phenoxy) is 4. The van der Waals surface area contributed by atoms with E-state index < -0.39 is 41.4 Å². The molecule has 13 heteroatoms. The van der Waals surface area contributed by atoms with Gasteiger partial charge >= 0.3 is 0 Å². The Morgan fingerprint density at radius 1 is 0.660 bits per heavy atom. The van der Waals surface area contributed by atoms with Gasteiger partial charge in [0.1, 0.15) is 0 Å². The van der Waals surface area contributed by atoms with Gasteiger partial charge in [0, 0.05) is 44.2 Å². The Morgan fingerprint density at radius 2 is 1.15 bits per heavy atom. The van der Waals surface area contributed by atoms with Crippen LogP contribution in [0.1, 0.15) is 119 Å². The molecule has 3 N–H and O–H groups in total. The van der Waals surface area contributed by atoms with Crippen LogP contribution < -0.4 is 16.0 Å². The molecule has 2 spiro atoms. The summed E-state index contributed by atoms with van der Waals surface area (Å²) in [5.74, 6) is 0.876. The van der Waals surface area contributed by atoms with E-state index in [9.17, 15) is 9.59 Å². The molecular formula is C40H65N3O10. The van der Waals surface area contributed by atoms with Crippen molar-refractivity contribution in [2.75, 3.05) is 20.1 Å². The smallest absolute Gasteiger partial charge is 0.237 e. The average molecular weight is 748 g/mol. The lowest BCUT2D eigenvalue weighted by molar-refractivity contribution is -0.571. The summed E-state index contributed by atoms with van der Waals surface area (Å²) >= 11 is 0. The number of rotatable bonds is 11. The highest BCUT2D eigenvalue weighted by molar-refractivity contribution is 5.83. The van der Waals surface area contributed by atoms with Crippen molar-refractivity contribution in [1.29, 1.82) is 0 Å². The fraction of sp³-hybridized carbons (Fsp3) is 0.950. The minimum absolute atomic E-state index is 0.0647. The summed E-state index contributed by atoms with van der Waals surface area (Å²) in [4.78, 5) is 50.7. The van der Waals surface area contributed by atoms with Crippen LogP contribution in [0.5, 0.6) is 0 Å². The van der Waals surface area contributed by atoms with Gasteiger partial charge in [-0.2, -0.15) is 0 Å². The van der Waals surface area contributed by atoms with Gasteiger partial charge in [-0.3, -0.25) is 9.59 Å². The van der Waals surface area contributed by atoms with Crippen LogP contribution in [-0.2, 0) is 48.1 Å². The number of carbonyl (C=O) groups excluding carboxylic acids is 2. The van der Waals surface area contributed by atoms with Crippen molar-refractivity contribution in [3.05, 3.63) is 0 Å². The Balaban J connectivity index is 0.793. The van der Waals surface area contributed by atoms with E-state index >= 15 is 0 Å². The zero-order valence-corrected chi connectivity index (χ0v) is 33.0. The maximum atomic E-state index is 13.3. The van der Waals surface area contributed by atoms with E-state index in [1.165, 1.54) is 0 Å². The molecule has 2 aliphatic carbocycles. The third kappa shape index (κ3) is 6.49. The summed E-state index contributed by atoms with van der Waals surface area (Å²) in [5.41, 5.74) is -1.16. The normalized spacial score (nSPS) is 50.2. The van der Waals surface area contributed by atoms with Crippen molar-refractivity contribution in [2.24, 2.45) is 47.3 Å². The van der Waals surface area contributed by atoms with Crippen LogP contribution in [0.2, 0.25) is 0 Å². The molecule has 0 unspecified atom stereocenters. The van der Waals surface area contributed by atoms with Crippen molar-refractivity contribution in [3.8, 4) is 0 Å². The highest BCUT2D eigenvalue weighted by atomic mass is 17.3. The third-order valence-electron chi connectivity index (χ3n) is 15.4.